The zero-order valence-electron chi connectivity index (χ0n) is 14.7. The fraction of sp³-hybridized carbons (Fsp3) is 0.316. The van der Waals surface area contributed by atoms with Gasteiger partial charge in [0.25, 0.3) is 5.91 Å². The maximum Gasteiger partial charge on any atom is 0.276 e. The molecule has 1 N–H and O–H groups in total. The number of likely N-dealkylation sites (N-methyl/N-ethyl adjacent to an activating group) is 1. The van der Waals surface area contributed by atoms with Gasteiger partial charge in [-0.3, -0.25) is 19.4 Å². The summed E-state index contributed by atoms with van der Waals surface area (Å²) in [7, 11) is 2.09. The molecule has 0 atom stereocenters. The number of hydrogen-bond donors (Lipinski definition) is 1. The van der Waals surface area contributed by atoms with Gasteiger partial charge in [0.1, 0.15) is 0 Å². The topological polar surface area (TPSA) is 68.8 Å². The van der Waals surface area contributed by atoms with Crippen LogP contribution in [0.15, 0.2) is 42.6 Å². The van der Waals surface area contributed by atoms with E-state index in [1.165, 1.54) is 0 Å². The molecule has 0 aliphatic carbocycles. The summed E-state index contributed by atoms with van der Waals surface area (Å²) in [5, 5.41) is 2.86. The van der Waals surface area contributed by atoms with Crippen LogP contribution in [0, 0.1) is 0 Å². The lowest BCUT2D eigenvalue weighted by Crippen LogP contribution is -2.48. The fourth-order valence-corrected chi connectivity index (χ4v) is 3.37. The predicted octanol–water partition coefficient (Wildman–Crippen LogP) is 1.56. The van der Waals surface area contributed by atoms with E-state index in [0.29, 0.717) is 23.6 Å². The predicted molar refractivity (Wildman–Crippen MR) is 99.7 cm³/mol. The lowest BCUT2D eigenvalue weighted by Gasteiger charge is -2.33. The van der Waals surface area contributed by atoms with Gasteiger partial charge >= 0.3 is 0 Å². The fourth-order valence-electron chi connectivity index (χ4n) is 3.37. The number of aromatic nitrogens is 1. The summed E-state index contributed by atoms with van der Waals surface area (Å²) >= 11 is 0. The molecule has 0 unspecified atom stereocenters. The van der Waals surface area contributed by atoms with E-state index in [1.54, 1.807) is 29.3 Å². The molecule has 134 valence electrons. The summed E-state index contributed by atoms with van der Waals surface area (Å²) < 4.78 is 0. The summed E-state index contributed by atoms with van der Waals surface area (Å²) in [5.74, 6) is -0.365. The number of hydrogen-bond acceptors (Lipinski definition) is 5. The number of piperazine rings is 1. The molecule has 26 heavy (non-hydrogen) atoms. The molecule has 0 spiro atoms. The van der Waals surface area contributed by atoms with E-state index < -0.39 is 0 Å². The Morgan fingerprint density at radius 3 is 2.62 bits per heavy atom. The van der Waals surface area contributed by atoms with Crippen molar-refractivity contribution in [2.45, 2.75) is 0 Å². The van der Waals surface area contributed by atoms with E-state index in [1.807, 2.05) is 18.2 Å². The highest BCUT2D eigenvalue weighted by Crippen LogP contribution is 2.37. The molecule has 0 bridgehead atoms. The molecule has 7 nitrogen and oxygen atoms in total. The number of carbonyl (C=O) groups is 2. The van der Waals surface area contributed by atoms with Crippen molar-refractivity contribution in [2.24, 2.45) is 0 Å². The van der Waals surface area contributed by atoms with E-state index in [2.05, 4.69) is 27.1 Å². The summed E-state index contributed by atoms with van der Waals surface area (Å²) in [4.78, 5) is 36.0. The zero-order chi connectivity index (χ0) is 18.1. The standard InChI is InChI=1S/C19H21N5O2/c1-22-9-11-23(12-10-22)13-17(25)24-15-6-3-2-5-14(15)21-19(26)18-16(24)7-4-8-20-18/h2-8H,9-13H2,1H3,(H,21,26). The van der Waals surface area contributed by atoms with Gasteiger partial charge in [-0.15, -0.1) is 0 Å². The first-order valence-corrected chi connectivity index (χ1v) is 8.73. The molecule has 4 rings (SSSR count). The van der Waals surface area contributed by atoms with Gasteiger partial charge in [-0.25, -0.2) is 4.98 Å². The second kappa shape index (κ2) is 6.86. The molecule has 7 heteroatoms. The number of amides is 2. The van der Waals surface area contributed by atoms with Crippen LogP contribution in [0.25, 0.3) is 0 Å². The van der Waals surface area contributed by atoms with E-state index in [-0.39, 0.29) is 17.5 Å². The van der Waals surface area contributed by atoms with Crippen LogP contribution in [0.5, 0.6) is 0 Å². The van der Waals surface area contributed by atoms with E-state index in [0.717, 1.165) is 26.2 Å². The molecule has 2 amide bonds. The number of nitrogens with zero attached hydrogens (tertiary/aromatic N) is 4. The molecule has 1 saturated heterocycles. The summed E-state index contributed by atoms with van der Waals surface area (Å²) in [6.07, 6.45) is 1.57. The van der Waals surface area contributed by atoms with Crippen LogP contribution < -0.4 is 10.2 Å². The largest absolute Gasteiger partial charge is 0.319 e. The van der Waals surface area contributed by atoms with Crippen molar-refractivity contribution in [3.05, 3.63) is 48.3 Å². The van der Waals surface area contributed by atoms with Crippen LogP contribution in [0.4, 0.5) is 17.1 Å². The number of nitrogens with one attached hydrogen (secondary N) is 1. The molecule has 2 aromatic rings. The number of fused-ring (bicyclic) bond motifs is 2. The van der Waals surface area contributed by atoms with Gasteiger partial charge in [-0.1, -0.05) is 12.1 Å². The van der Waals surface area contributed by atoms with Gasteiger partial charge in [0.05, 0.1) is 23.6 Å². The zero-order valence-corrected chi connectivity index (χ0v) is 14.7. The first-order chi connectivity index (χ1) is 12.6. The minimum Gasteiger partial charge on any atom is -0.319 e. The molecule has 3 heterocycles. The van der Waals surface area contributed by atoms with Crippen molar-refractivity contribution in [2.75, 3.05) is 50.0 Å². The number of carbonyl (C=O) groups excluding carboxylic acids is 2. The number of anilines is 3. The molecule has 1 aromatic carbocycles. The Bertz CT molecular complexity index is 845. The second-order valence-electron chi connectivity index (χ2n) is 6.65. The van der Waals surface area contributed by atoms with Crippen LogP contribution >= 0.6 is 0 Å². The third-order valence-corrected chi connectivity index (χ3v) is 4.84. The third kappa shape index (κ3) is 3.07. The van der Waals surface area contributed by atoms with Crippen LogP contribution in [0.2, 0.25) is 0 Å². The van der Waals surface area contributed by atoms with Crippen molar-refractivity contribution < 1.29 is 9.59 Å². The molecular formula is C19H21N5O2. The Balaban J connectivity index is 1.71. The number of para-hydroxylation sites is 2. The Labute approximate surface area is 152 Å². The summed E-state index contributed by atoms with van der Waals surface area (Å²) in [6, 6.07) is 10.9. The van der Waals surface area contributed by atoms with Crippen molar-refractivity contribution in [1.82, 2.24) is 14.8 Å². The quantitative estimate of drug-likeness (QED) is 0.889. The van der Waals surface area contributed by atoms with E-state index in [9.17, 15) is 9.59 Å². The molecule has 1 fully saturated rings. The van der Waals surface area contributed by atoms with Crippen LogP contribution in [-0.4, -0.2) is 66.4 Å². The second-order valence-corrected chi connectivity index (χ2v) is 6.65. The number of pyridine rings is 1. The van der Waals surface area contributed by atoms with Crippen molar-refractivity contribution >= 4 is 28.9 Å². The smallest absolute Gasteiger partial charge is 0.276 e. The SMILES string of the molecule is CN1CCN(CC(=O)N2c3ccccc3NC(=O)c3ncccc32)CC1. The van der Waals surface area contributed by atoms with Crippen molar-refractivity contribution in [3.8, 4) is 0 Å². The molecule has 2 aliphatic rings. The minimum absolute atomic E-state index is 0.0623. The van der Waals surface area contributed by atoms with Gasteiger partial charge in [0.2, 0.25) is 5.91 Å². The maximum absolute atomic E-state index is 13.2. The lowest BCUT2D eigenvalue weighted by atomic mass is 10.2. The van der Waals surface area contributed by atoms with Gasteiger partial charge in [0.15, 0.2) is 5.69 Å². The normalized spacial score (nSPS) is 17.9. The first-order valence-electron chi connectivity index (χ1n) is 8.73. The van der Waals surface area contributed by atoms with Gasteiger partial charge in [0, 0.05) is 32.4 Å². The lowest BCUT2D eigenvalue weighted by molar-refractivity contribution is -0.119. The third-order valence-electron chi connectivity index (χ3n) is 4.84. The minimum atomic E-state index is -0.303. The highest BCUT2D eigenvalue weighted by atomic mass is 16.2. The van der Waals surface area contributed by atoms with Gasteiger partial charge < -0.3 is 10.2 Å². The average Bonchev–Trinajstić information content (AvgIpc) is 2.77. The van der Waals surface area contributed by atoms with Gasteiger partial charge in [-0.05, 0) is 31.3 Å². The number of benzene rings is 1. The maximum atomic E-state index is 13.2. The monoisotopic (exact) mass is 351 g/mol. The number of rotatable bonds is 2. The summed E-state index contributed by atoms with van der Waals surface area (Å²) in [5.41, 5.74) is 2.07. The Hall–Kier alpha value is -2.77. The van der Waals surface area contributed by atoms with E-state index in [4.69, 9.17) is 0 Å². The van der Waals surface area contributed by atoms with Crippen LogP contribution in [0.1, 0.15) is 10.5 Å². The average molecular weight is 351 g/mol. The molecule has 1 aromatic heterocycles. The highest BCUT2D eigenvalue weighted by Gasteiger charge is 2.31. The van der Waals surface area contributed by atoms with Crippen LogP contribution in [-0.2, 0) is 4.79 Å². The Morgan fingerprint density at radius 2 is 1.81 bits per heavy atom. The Morgan fingerprint density at radius 1 is 1.08 bits per heavy atom. The Kier molecular flexibility index (Phi) is 4.40. The first kappa shape index (κ1) is 16.7. The van der Waals surface area contributed by atoms with Crippen molar-refractivity contribution in [1.29, 1.82) is 0 Å². The van der Waals surface area contributed by atoms with Crippen LogP contribution in [0.3, 0.4) is 0 Å². The summed E-state index contributed by atoms with van der Waals surface area (Å²) in [6.45, 7) is 3.92. The molecular weight excluding hydrogens is 330 g/mol. The van der Waals surface area contributed by atoms with Gasteiger partial charge in [-0.2, -0.15) is 0 Å². The molecule has 2 aliphatic heterocycles. The van der Waals surface area contributed by atoms with Crippen molar-refractivity contribution in [3.63, 3.8) is 0 Å². The molecule has 0 radical (unpaired) electrons. The highest BCUT2D eigenvalue weighted by molar-refractivity contribution is 6.17. The van der Waals surface area contributed by atoms with E-state index >= 15 is 0 Å². The molecule has 0 saturated carbocycles.